The summed E-state index contributed by atoms with van der Waals surface area (Å²) in [6.45, 7) is 1.25. The minimum Gasteiger partial charge on any atom is -0.353 e. The predicted molar refractivity (Wildman–Crippen MR) is 73.2 cm³/mol. The first kappa shape index (κ1) is 14.6. The van der Waals surface area contributed by atoms with Crippen molar-refractivity contribution in [3.05, 3.63) is 11.1 Å². The summed E-state index contributed by atoms with van der Waals surface area (Å²) in [6.07, 6.45) is -0.932. The van der Waals surface area contributed by atoms with Gasteiger partial charge in [0, 0.05) is 30.4 Å². The minimum absolute atomic E-state index is 0.127. The van der Waals surface area contributed by atoms with E-state index in [1.165, 1.54) is 0 Å². The van der Waals surface area contributed by atoms with Crippen LogP contribution < -0.4 is 10.2 Å². The van der Waals surface area contributed by atoms with Crippen molar-refractivity contribution in [1.29, 1.82) is 0 Å². The number of aromatic nitrogens is 1. The van der Waals surface area contributed by atoms with Gasteiger partial charge in [-0.3, -0.25) is 4.79 Å². The number of halogens is 3. The number of nitrogens with one attached hydrogen (secondary N) is 1. The summed E-state index contributed by atoms with van der Waals surface area (Å²) in [4.78, 5) is 17.2. The second kappa shape index (κ2) is 5.47. The lowest BCUT2D eigenvalue weighted by molar-refractivity contribution is -0.140. The lowest BCUT2D eigenvalue weighted by Gasteiger charge is -2.32. The molecule has 1 saturated carbocycles. The number of anilines is 1. The van der Waals surface area contributed by atoms with Gasteiger partial charge in [0.05, 0.1) is 0 Å². The van der Waals surface area contributed by atoms with Gasteiger partial charge in [-0.25, -0.2) is 4.98 Å². The molecule has 21 heavy (non-hydrogen) atoms. The summed E-state index contributed by atoms with van der Waals surface area (Å²) < 4.78 is 37.6. The highest BCUT2D eigenvalue weighted by molar-refractivity contribution is 7.13. The molecule has 0 radical (unpaired) electrons. The first-order valence-corrected chi connectivity index (χ1v) is 7.89. The molecule has 1 aliphatic carbocycles. The van der Waals surface area contributed by atoms with E-state index in [0.717, 1.165) is 42.4 Å². The van der Waals surface area contributed by atoms with Crippen LogP contribution in [0, 0.1) is 5.92 Å². The number of piperidine rings is 1. The molecule has 1 aromatic heterocycles. The number of alkyl halides is 3. The van der Waals surface area contributed by atoms with E-state index in [9.17, 15) is 18.0 Å². The van der Waals surface area contributed by atoms with Gasteiger partial charge in [-0.05, 0) is 25.7 Å². The van der Waals surface area contributed by atoms with Gasteiger partial charge in [-0.1, -0.05) is 0 Å². The Hall–Kier alpha value is -1.31. The molecular weight excluding hydrogens is 303 g/mol. The van der Waals surface area contributed by atoms with Crippen LogP contribution in [0.15, 0.2) is 5.38 Å². The third-order valence-electron chi connectivity index (χ3n) is 3.84. The van der Waals surface area contributed by atoms with Gasteiger partial charge in [0.2, 0.25) is 5.91 Å². The number of amides is 1. The highest BCUT2D eigenvalue weighted by atomic mass is 32.1. The molecule has 0 aromatic carbocycles. The smallest absolute Gasteiger partial charge is 0.353 e. The molecule has 116 valence electrons. The Bertz CT molecular complexity index is 519. The van der Waals surface area contributed by atoms with E-state index in [0.29, 0.717) is 18.2 Å². The maximum absolute atomic E-state index is 12.5. The minimum atomic E-state index is -4.38. The van der Waals surface area contributed by atoms with E-state index >= 15 is 0 Å². The Morgan fingerprint density at radius 3 is 2.48 bits per heavy atom. The number of thiazole rings is 1. The quantitative estimate of drug-likeness (QED) is 0.931. The molecular formula is C13H16F3N3OS. The maximum Gasteiger partial charge on any atom is 0.434 e. The van der Waals surface area contributed by atoms with E-state index in [4.69, 9.17) is 0 Å². The van der Waals surface area contributed by atoms with Crippen molar-refractivity contribution >= 4 is 22.4 Å². The summed E-state index contributed by atoms with van der Waals surface area (Å²) in [5.74, 6) is 0.318. The second-order valence-corrected chi connectivity index (χ2v) is 6.39. The van der Waals surface area contributed by atoms with Gasteiger partial charge in [0.25, 0.3) is 0 Å². The van der Waals surface area contributed by atoms with Crippen molar-refractivity contribution in [2.75, 3.05) is 18.0 Å². The summed E-state index contributed by atoms with van der Waals surface area (Å²) in [5.41, 5.74) is -0.827. The van der Waals surface area contributed by atoms with Crippen LogP contribution in [0.25, 0.3) is 0 Å². The van der Waals surface area contributed by atoms with E-state index in [-0.39, 0.29) is 17.9 Å². The van der Waals surface area contributed by atoms with E-state index < -0.39 is 11.9 Å². The average molecular weight is 319 g/mol. The molecule has 2 aliphatic rings. The van der Waals surface area contributed by atoms with Crippen LogP contribution in [0.5, 0.6) is 0 Å². The lowest BCUT2D eigenvalue weighted by atomic mass is 10.1. The third kappa shape index (κ3) is 3.48. The zero-order chi connectivity index (χ0) is 15.0. The predicted octanol–water partition coefficient (Wildman–Crippen LogP) is 2.66. The fraction of sp³-hybridized carbons (Fsp3) is 0.692. The van der Waals surface area contributed by atoms with Crippen LogP contribution in [0.1, 0.15) is 31.4 Å². The highest BCUT2D eigenvalue weighted by Gasteiger charge is 2.35. The number of hydrogen-bond donors (Lipinski definition) is 1. The summed E-state index contributed by atoms with van der Waals surface area (Å²) in [6, 6.07) is 0.136. The van der Waals surface area contributed by atoms with Crippen LogP contribution >= 0.6 is 11.3 Å². The Morgan fingerprint density at radius 2 is 1.95 bits per heavy atom. The first-order valence-electron chi connectivity index (χ1n) is 7.01. The molecule has 1 N–H and O–H groups in total. The van der Waals surface area contributed by atoms with Gasteiger partial charge in [-0.2, -0.15) is 13.2 Å². The van der Waals surface area contributed by atoms with Gasteiger partial charge < -0.3 is 10.2 Å². The summed E-state index contributed by atoms with van der Waals surface area (Å²) >= 11 is 1.02. The molecule has 0 atom stereocenters. The van der Waals surface area contributed by atoms with Gasteiger partial charge >= 0.3 is 6.18 Å². The van der Waals surface area contributed by atoms with E-state index in [1.54, 1.807) is 0 Å². The molecule has 1 amide bonds. The zero-order valence-corrected chi connectivity index (χ0v) is 12.1. The molecule has 0 spiro atoms. The number of carbonyl (C=O) groups is 1. The third-order valence-corrected chi connectivity index (χ3v) is 4.74. The highest BCUT2D eigenvalue weighted by Crippen LogP contribution is 2.34. The fourth-order valence-corrected chi connectivity index (χ4v) is 3.31. The normalized spacial score (nSPS) is 20.6. The van der Waals surface area contributed by atoms with Crippen LogP contribution in [0.4, 0.5) is 18.3 Å². The van der Waals surface area contributed by atoms with Crippen molar-refractivity contribution < 1.29 is 18.0 Å². The molecule has 3 rings (SSSR count). The molecule has 1 aliphatic heterocycles. The lowest BCUT2D eigenvalue weighted by Crippen LogP contribution is -2.45. The molecule has 8 heteroatoms. The van der Waals surface area contributed by atoms with Crippen LogP contribution in [-0.4, -0.2) is 30.0 Å². The summed E-state index contributed by atoms with van der Waals surface area (Å²) in [5, 5.41) is 4.48. The SMILES string of the molecule is O=C(NC1CCN(c2nc(C(F)(F)F)cs2)CC1)C1CC1. The largest absolute Gasteiger partial charge is 0.434 e. The average Bonchev–Trinajstić information content (AvgIpc) is 3.15. The van der Waals surface area contributed by atoms with Crippen molar-refractivity contribution in [3.63, 3.8) is 0 Å². The van der Waals surface area contributed by atoms with E-state index in [1.807, 2.05) is 4.90 Å². The van der Waals surface area contributed by atoms with Crippen molar-refractivity contribution in [1.82, 2.24) is 10.3 Å². The Balaban J connectivity index is 1.53. The molecule has 4 nitrogen and oxygen atoms in total. The standard InChI is InChI=1S/C13H16F3N3OS/c14-13(15,16)10-7-21-12(18-10)19-5-3-9(4-6-19)17-11(20)8-1-2-8/h7-9H,1-6H2,(H,17,20). The second-order valence-electron chi connectivity index (χ2n) is 5.56. The number of hydrogen-bond acceptors (Lipinski definition) is 4. The van der Waals surface area contributed by atoms with Crippen LogP contribution in [-0.2, 0) is 11.0 Å². The van der Waals surface area contributed by atoms with Crippen molar-refractivity contribution in [2.45, 2.75) is 37.9 Å². The molecule has 2 fully saturated rings. The first-order chi connectivity index (χ1) is 9.93. The topological polar surface area (TPSA) is 45.2 Å². The molecule has 2 heterocycles. The molecule has 0 bridgehead atoms. The van der Waals surface area contributed by atoms with Crippen LogP contribution in [0.3, 0.4) is 0 Å². The monoisotopic (exact) mass is 319 g/mol. The molecule has 1 aromatic rings. The van der Waals surface area contributed by atoms with Gasteiger partial charge in [0.1, 0.15) is 0 Å². The zero-order valence-electron chi connectivity index (χ0n) is 11.3. The van der Waals surface area contributed by atoms with Gasteiger partial charge in [0.15, 0.2) is 10.8 Å². The molecule has 1 saturated heterocycles. The Kier molecular flexibility index (Phi) is 3.81. The number of rotatable bonds is 3. The number of nitrogens with zero attached hydrogens (tertiary/aromatic N) is 2. The summed E-state index contributed by atoms with van der Waals surface area (Å²) in [7, 11) is 0. The van der Waals surface area contributed by atoms with Gasteiger partial charge in [-0.15, -0.1) is 11.3 Å². The Labute approximate surface area is 124 Å². The van der Waals surface area contributed by atoms with Crippen molar-refractivity contribution in [2.24, 2.45) is 5.92 Å². The van der Waals surface area contributed by atoms with E-state index in [2.05, 4.69) is 10.3 Å². The maximum atomic E-state index is 12.5. The van der Waals surface area contributed by atoms with Crippen LogP contribution in [0.2, 0.25) is 0 Å². The fourth-order valence-electron chi connectivity index (χ4n) is 2.42. The Morgan fingerprint density at radius 1 is 1.29 bits per heavy atom. The molecule has 0 unspecified atom stereocenters. The van der Waals surface area contributed by atoms with Crippen molar-refractivity contribution in [3.8, 4) is 0 Å². The number of carbonyl (C=O) groups excluding carboxylic acids is 1.